The standard InChI is InChI=1S/C15H25NO/c1-5-15(10-11-17,14(3,4)16)13-8-6-12(2)7-9-13/h6-9,17H,5,10-11,16H2,1-4H3. The second-order valence-corrected chi connectivity index (χ2v) is 5.50. The van der Waals surface area contributed by atoms with E-state index in [4.69, 9.17) is 5.73 Å². The first-order valence-corrected chi connectivity index (χ1v) is 6.34. The van der Waals surface area contributed by atoms with Crippen LogP contribution in [0, 0.1) is 6.92 Å². The Kier molecular flexibility index (Phi) is 4.34. The molecule has 1 aromatic rings. The Morgan fingerprint density at radius 3 is 2.06 bits per heavy atom. The van der Waals surface area contributed by atoms with Gasteiger partial charge in [-0.25, -0.2) is 0 Å². The monoisotopic (exact) mass is 235 g/mol. The fraction of sp³-hybridized carbons (Fsp3) is 0.600. The largest absolute Gasteiger partial charge is 0.396 e. The average Bonchev–Trinajstić information content (AvgIpc) is 2.25. The number of nitrogens with two attached hydrogens (primary N) is 1. The predicted octanol–water partition coefficient (Wildman–Crippen LogP) is 2.76. The second kappa shape index (κ2) is 5.19. The number of benzene rings is 1. The van der Waals surface area contributed by atoms with E-state index in [1.54, 1.807) is 0 Å². The number of hydrogen-bond acceptors (Lipinski definition) is 2. The molecule has 1 atom stereocenters. The molecule has 96 valence electrons. The summed E-state index contributed by atoms with van der Waals surface area (Å²) in [5, 5.41) is 9.36. The van der Waals surface area contributed by atoms with Gasteiger partial charge in [0.25, 0.3) is 0 Å². The number of hydrogen-bond donors (Lipinski definition) is 2. The highest BCUT2D eigenvalue weighted by Crippen LogP contribution is 2.40. The molecule has 0 fully saturated rings. The van der Waals surface area contributed by atoms with Crippen LogP contribution in [0.3, 0.4) is 0 Å². The van der Waals surface area contributed by atoms with Crippen molar-refractivity contribution in [1.29, 1.82) is 0 Å². The Bertz CT molecular complexity index is 350. The Labute approximate surface area is 105 Å². The van der Waals surface area contributed by atoms with E-state index in [1.165, 1.54) is 11.1 Å². The van der Waals surface area contributed by atoms with Crippen molar-refractivity contribution in [3.63, 3.8) is 0 Å². The molecule has 0 saturated heterocycles. The molecule has 0 spiro atoms. The maximum Gasteiger partial charge on any atom is 0.0440 e. The van der Waals surface area contributed by atoms with Crippen LogP contribution >= 0.6 is 0 Å². The highest BCUT2D eigenvalue weighted by Gasteiger charge is 2.41. The maximum atomic E-state index is 9.36. The molecule has 0 aliphatic heterocycles. The van der Waals surface area contributed by atoms with Gasteiger partial charge in [0.2, 0.25) is 0 Å². The van der Waals surface area contributed by atoms with Crippen LogP contribution in [0.1, 0.15) is 44.7 Å². The molecule has 0 saturated carbocycles. The van der Waals surface area contributed by atoms with Crippen molar-refractivity contribution in [3.05, 3.63) is 35.4 Å². The summed E-state index contributed by atoms with van der Waals surface area (Å²) in [5.41, 5.74) is 8.34. The summed E-state index contributed by atoms with van der Waals surface area (Å²) in [6.07, 6.45) is 1.64. The summed E-state index contributed by atoms with van der Waals surface area (Å²) in [4.78, 5) is 0. The predicted molar refractivity (Wildman–Crippen MR) is 73.1 cm³/mol. The van der Waals surface area contributed by atoms with Crippen molar-refractivity contribution >= 4 is 0 Å². The van der Waals surface area contributed by atoms with Crippen LogP contribution in [-0.2, 0) is 5.41 Å². The van der Waals surface area contributed by atoms with Gasteiger partial charge in [-0.1, -0.05) is 36.8 Å². The van der Waals surface area contributed by atoms with Crippen molar-refractivity contribution in [1.82, 2.24) is 0 Å². The quantitative estimate of drug-likeness (QED) is 0.824. The van der Waals surface area contributed by atoms with Crippen LogP contribution < -0.4 is 5.73 Å². The first kappa shape index (κ1) is 14.2. The highest BCUT2D eigenvalue weighted by molar-refractivity contribution is 5.32. The lowest BCUT2D eigenvalue weighted by atomic mass is 9.63. The first-order chi connectivity index (χ1) is 7.87. The fourth-order valence-electron chi connectivity index (χ4n) is 2.74. The topological polar surface area (TPSA) is 46.2 Å². The third-order valence-electron chi connectivity index (χ3n) is 3.98. The van der Waals surface area contributed by atoms with E-state index < -0.39 is 0 Å². The van der Waals surface area contributed by atoms with Gasteiger partial charge in [0.05, 0.1) is 0 Å². The molecule has 1 rings (SSSR count). The molecule has 1 unspecified atom stereocenters. The minimum Gasteiger partial charge on any atom is -0.396 e. The van der Waals surface area contributed by atoms with Crippen molar-refractivity contribution in [2.24, 2.45) is 5.73 Å². The van der Waals surface area contributed by atoms with Gasteiger partial charge in [-0.2, -0.15) is 0 Å². The number of aryl methyl sites for hydroxylation is 1. The molecule has 0 heterocycles. The molecule has 0 bridgehead atoms. The van der Waals surface area contributed by atoms with Crippen molar-refractivity contribution in [2.45, 2.75) is 51.5 Å². The Balaban J connectivity index is 3.26. The zero-order chi connectivity index (χ0) is 13.1. The van der Waals surface area contributed by atoms with Crippen LogP contribution in [0.4, 0.5) is 0 Å². The summed E-state index contributed by atoms with van der Waals surface area (Å²) >= 11 is 0. The molecule has 3 N–H and O–H groups in total. The Morgan fingerprint density at radius 2 is 1.71 bits per heavy atom. The van der Waals surface area contributed by atoms with Gasteiger partial charge >= 0.3 is 0 Å². The van der Waals surface area contributed by atoms with Crippen LogP contribution in [0.2, 0.25) is 0 Å². The first-order valence-electron chi connectivity index (χ1n) is 6.34. The zero-order valence-corrected chi connectivity index (χ0v) is 11.5. The van der Waals surface area contributed by atoms with Crippen LogP contribution in [-0.4, -0.2) is 17.3 Å². The molecule has 0 aromatic heterocycles. The van der Waals surface area contributed by atoms with Crippen LogP contribution in [0.5, 0.6) is 0 Å². The van der Waals surface area contributed by atoms with E-state index in [0.717, 1.165) is 6.42 Å². The molecule has 2 heteroatoms. The summed E-state index contributed by atoms with van der Waals surface area (Å²) in [5.74, 6) is 0. The van der Waals surface area contributed by atoms with E-state index in [0.29, 0.717) is 6.42 Å². The molecular formula is C15H25NO. The van der Waals surface area contributed by atoms with Crippen LogP contribution in [0.25, 0.3) is 0 Å². The maximum absolute atomic E-state index is 9.36. The van der Waals surface area contributed by atoms with Gasteiger partial charge in [-0.15, -0.1) is 0 Å². The lowest BCUT2D eigenvalue weighted by molar-refractivity contribution is 0.170. The normalized spacial score (nSPS) is 15.6. The van der Waals surface area contributed by atoms with E-state index in [2.05, 4.69) is 38.1 Å². The average molecular weight is 235 g/mol. The van der Waals surface area contributed by atoms with E-state index in [-0.39, 0.29) is 17.6 Å². The minimum atomic E-state index is -0.347. The summed E-state index contributed by atoms with van der Waals surface area (Å²) in [7, 11) is 0. The lowest BCUT2D eigenvalue weighted by Gasteiger charge is -2.44. The van der Waals surface area contributed by atoms with E-state index >= 15 is 0 Å². The van der Waals surface area contributed by atoms with Gasteiger partial charge in [-0.3, -0.25) is 0 Å². The van der Waals surface area contributed by atoms with E-state index in [1.807, 2.05) is 13.8 Å². The summed E-state index contributed by atoms with van der Waals surface area (Å²) < 4.78 is 0. The van der Waals surface area contributed by atoms with Crippen molar-refractivity contribution < 1.29 is 5.11 Å². The van der Waals surface area contributed by atoms with Crippen molar-refractivity contribution in [3.8, 4) is 0 Å². The second-order valence-electron chi connectivity index (χ2n) is 5.50. The lowest BCUT2D eigenvalue weighted by Crippen LogP contribution is -2.54. The molecule has 0 amide bonds. The third-order valence-corrected chi connectivity index (χ3v) is 3.98. The minimum absolute atomic E-state index is 0.157. The fourth-order valence-corrected chi connectivity index (χ4v) is 2.74. The Morgan fingerprint density at radius 1 is 1.18 bits per heavy atom. The number of aliphatic hydroxyl groups is 1. The molecule has 2 nitrogen and oxygen atoms in total. The molecular weight excluding hydrogens is 210 g/mol. The van der Waals surface area contributed by atoms with Gasteiger partial charge in [0, 0.05) is 17.6 Å². The van der Waals surface area contributed by atoms with Gasteiger partial charge in [-0.05, 0) is 39.2 Å². The molecule has 17 heavy (non-hydrogen) atoms. The van der Waals surface area contributed by atoms with Gasteiger partial charge < -0.3 is 10.8 Å². The van der Waals surface area contributed by atoms with Gasteiger partial charge in [0.1, 0.15) is 0 Å². The summed E-state index contributed by atoms with van der Waals surface area (Å²) in [6.45, 7) is 8.49. The third kappa shape index (κ3) is 2.70. The SMILES string of the molecule is CCC(CCO)(c1ccc(C)cc1)C(C)(C)N. The molecule has 0 aliphatic carbocycles. The van der Waals surface area contributed by atoms with Gasteiger partial charge in [0.15, 0.2) is 0 Å². The number of rotatable bonds is 5. The summed E-state index contributed by atoms with van der Waals surface area (Å²) in [6, 6.07) is 8.51. The Hall–Kier alpha value is -0.860. The smallest absolute Gasteiger partial charge is 0.0440 e. The molecule has 1 aromatic carbocycles. The van der Waals surface area contributed by atoms with Crippen LogP contribution in [0.15, 0.2) is 24.3 Å². The highest BCUT2D eigenvalue weighted by atomic mass is 16.3. The van der Waals surface area contributed by atoms with Crippen molar-refractivity contribution in [2.75, 3.05) is 6.61 Å². The number of aliphatic hydroxyl groups excluding tert-OH is 1. The van der Waals surface area contributed by atoms with E-state index in [9.17, 15) is 5.11 Å². The zero-order valence-electron chi connectivity index (χ0n) is 11.5. The molecule has 0 aliphatic rings. The molecule has 0 radical (unpaired) electrons.